The molecule has 0 unspecified atom stereocenters. The Morgan fingerprint density at radius 2 is 0.933 bits per heavy atom. The number of para-hydroxylation sites is 4. The molecule has 9 heteroatoms. The molecule has 224 valence electrons. The maximum atomic E-state index is 12.8. The van der Waals surface area contributed by atoms with E-state index in [1.165, 1.54) is 22.7 Å². The Morgan fingerprint density at radius 3 is 1.33 bits per heavy atom. The van der Waals surface area contributed by atoms with Crippen molar-refractivity contribution in [3.8, 4) is 32.4 Å². The van der Waals surface area contributed by atoms with Crippen LogP contribution in [0.25, 0.3) is 20.9 Å². The Hall–Kier alpha value is -4.83. The van der Waals surface area contributed by atoms with Crippen LogP contribution in [0.3, 0.4) is 0 Å². The number of benzene rings is 4. The average Bonchev–Trinajstić information content (AvgIpc) is 3.78. The molecule has 0 aliphatic rings. The molecule has 0 atom stereocenters. The molecule has 4 aromatic carbocycles. The predicted molar refractivity (Wildman–Crippen MR) is 186 cm³/mol. The van der Waals surface area contributed by atoms with Crippen LogP contribution in [0.2, 0.25) is 0 Å². The average molecular weight is 649 g/mol. The lowest BCUT2D eigenvalue weighted by atomic mass is 10.2. The molecule has 0 aliphatic carbocycles. The van der Waals surface area contributed by atoms with E-state index in [1.807, 2.05) is 72.8 Å². The fourth-order valence-electron chi connectivity index (χ4n) is 4.60. The molecule has 0 spiro atoms. The molecule has 0 bridgehead atoms. The van der Waals surface area contributed by atoms with Gasteiger partial charge in [0, 0.05) is 19.5 Å². The van der Waals surface area contributed by atoms with Crippen molar-refractivity contribution in [3.05, 3.63) is 131 Å². The highest BCUT2D eigenvalue weighted by Gasteiger charge is 2.14. The van der Waals surface area contributed by atoms with Gasteiger partial charge in [-0.25, -0.2) is 0 Å². The summed E-state index contributed by atoms with van der Waals surface area (Å²) in [5.74, 6) is 0.912. The number of nitrogens with one attached hydrogen (secondary N) is 2. The first-order valence-corrected chi connectivity index (χ1v) is 16.4. The number of anilines is 2. The molecule has 2 amide bonds. The van der Waals surface area contributed by atoms with Crippen LogP contribution in [0.15, 0.2) is 131 Å². The first-order valence-electron chi connectivity index (χ1n) is 14.0. The van der Waals surface area contributed by atoms with Crippen LogP contribution in [0.5, 0.6) is 11.5 Å². The molecule has 6 rings (SSSR count). The molecule has 0 radical (unpaired) electrons. The van der Waals surface area contributed by atoms with Crippen molar-refractivity contribution in [2.24, 2.45) is 0 Å². The zero-order valence-corrected chi connectivity index (χ0v) is 26.9. The molecule has 0 fully saturated rings. The van der Waals surface area contributed by atoms with Crippen molar-refractivity contribution < 1.29 is 19.1 Å². The fourth-order valence-corrected chi connectivity index (χ4v) is 7.23. The summed E-state index contributed by atoms with van der Waals surface area (Å²) in [5, 5.41) is 5.87. The van der Waals surface area contributed by atoms with Crippen molar-refractivity contribution in [2.45, 2.75) is 9.79 Å². The van der Waals surface area contributed by atoms with Gasteiger partial charge in [0.15, 0.2) is 0 Å². The Morgan fingerprint density at radius 1 is 0.533 bits per heavy atom. The quantitative estimate of drug-likeness (QED) is 0.155. The number of hydrogen-bond donors (Lipinski definition) is 2. The molecule has 2 heterocycles. The zero-order chi connectivity index (χ0) is 31.2. The molecular weight excluding hydrogens is 621 g/mol. The second-order valence-corrected chi connectivity index (χ2v) is 13.1. The Balaban J connectivity index is 1.06. The van der Waals surface area contributed by atoms with Gasteiger partial charge in [0.05, 0.1) is 35.3 Å². The van der Waals surface area contributed by atoms with Crippen LogP contribution in [0.4, 0.5) is 11.4 Å². The van der Waals surface area contributed by atoms with Crippen molar-refractivity contribution in [1.82, 2.24) is 0 Å². The van der Waals surface area contributed by atoms with E-state index in [9.17, 15) is 9.59 Å². The topological polar surface area (TPSA) is 76.7 Å². The minimum atomic E-state index is -0.165. The first-order chi connectivity index (χ1) is 22.0. The van der Waals surface area contributed by atoms with Gasteiger partial charge in [-0.1, -0.05) is 60.3 Å². The second kappa shape index (κ2) is 13.9. The van der Waals surface area contributed by atoms with Crippen LogP contribution < -0.4 is 20.1 Å². The van der Waals surface area contributed by atoms with E-state index < -0.39 is 0 Å². The fraction of sp³-hybridized carbons (Fsp3) is 0.0556. The second-order valence-electron chi connectivity index (χ2n) is 9.79. The molecule has 45 heavy (non-hydrogen) atoms. The summed E-state index contributed by atoms with van der Waals surface area (Å²) in [7, 11) is 3.17. The standard InChI is InChI=1S/C36H28N2O4S3/c1-41-29-9-5-3-7-27(29)37-35(39)33-21-19-31(44-33)23-11-15-25(16-12-23)43-26-17-13-24(14-18-26)32-20-22-34(45-32)36(40)38-28-8-4-6-10-30(28)42-2/h3-22H,1-2H3,(H,37,39)(H,38,40). The van der Waals surface area contributed by atoms with Crippen LogP contribution in [-0.4, -0.2) is 26.0 Å². The number of hydrogen-bond acceptors (Lipinski definition) is 7. The Bertz CT molecular complexity index is 1800. The number of methoxy groups -OCH3 is 2. The van der Waals surface area contributed by atoms with Crippen LogP contribution in [-0.2, 0) is 0 Å². The van der Waals surface area contributed by atoms with Gasteiger partial charge >= 0.3 is 0 Å². The molecule has 0 saturated heterocycles. The largest absolute Gasteiger partial charge is 0.495 e. The van der Waals surface area contributed by atoms with Gasteiger partial charge in [0.1, 0.15) is 11.5 Å². The Labute approximate surface area is 273 Å². The van der Waals surface area contributed by atoms with Crippen molar-refractivity contribution in [3.63, 3.8) is 0 Å². The maximum absolute atomic E-state index is 12.8. The van der Waals surface area contributed by atoms with Gasteiger partial charge < -0.3 is 20.1 Å². The van der Waals surface area contributed by atoms with E-state index in [2.05, 4.69) is 59.2 Å². The zero-order valence-electron chi connectivity index (χ0n) is 24.4. The minimum absolute atomic E-state index is 0.165. The van der Waals surface area contributed by atoms with E-state index in [1.54, 1.807) is 26.0 Å². The predicted octanol–water partition coefficient (Wildman–Crippen LogP) is 9.82. The molecule has 6 nitrogen and oxygen atoms in total. The maximum Gasteiger partial charge on any atom is 0.265 e. The van der Waals surface area contributed by atoms with Crippen molar-refractivity contribution in [2.75, 3.05) is 24.9 Å². The van der Waals surface area contributed by atoms with Crippen LogP contribution >= 0.6 is 34.4 Å². The number of thiophene rings is 2. The molecule has 0 aliphatic heterocycles. The number of carbonyl (C=O) groups excluding carboxylic acids is 2. The SMILES string of the molecule is COc1ccccc1NC(=O)c1ccc(-c2ccc(Sc3ccc(-c4ccc(C(=O)Nc5ccccc5OC)s4)cc3)cc2)s1. The van der Waals surface area contributed by atoms with Crippen molar-refractivity contribution >= 4 is 57.6 Å². The van der Waals surface area contributed by atoms with Gasteiger partial charge in [0.25, 0.3) is 11.8 Å². The highest BCUT2D eigenvalue weighted by molar-refractivity contribution is 7.99. The lowest BCUT2D eigenvalue weighted by Gasteiger charge is -2.08. The number of amides is 2. The van der Waals surface area contributed by atoms with E-state index in [0.29, 0.717) is 32.6 Å². The van der Waals surface area contributed by atoms with Gasteiger partial charge in [-0.15, -0.1) is 22.7 Å². The highest BCUT2D eigenvalue weighted by Crippen LogP contribution is 2.35. The van der Waals surface area contributed by atoms with Gasteiger partial charge in [-0.3, -0.25) is 9.59 Å². The molecule has 2 aromatic heterocycles. The van der Waals surface area contributed by atoms with Gasteiger partial charge in [-0.2, -0.15) is 0 Å². The summed E-state index contributed by atoms with van der Waals surface area (Å²) in [6.45, 7) is 0. The summed E-state index contributed by atoms with van der Waals surface area (Å²) in [6, 6.07) is 39.0. The lowest BCUT2D eigenvalue weighted by Crippen LogP contribution is -2.10. The Kier molecular flexibility index (Phi) is 9.30. The number of ether oxygens (including phenoxy) is 2. The third-order valence-corrected chi connectivity index (χ3v) is 10.2. The monoisotopic (exact) mass is 648 g/mol. The number of carbonyl (C=O) groups is 2. The van der Waals surface area contributed by atoms with Gasteiger partial charge in [0.2, 0.25) is 0 Å². The van der Waals surface area contributed by atoms with Crippen LogP contribution in [0.1, 0.15) is 19.3 Å². The summed E-state index contributed by atoms with van der Waals surface area (Å²) >= 11 is 4.58. The summed E-state index contributed by atoms with van der Waals surface area (Å²) in [5.41, 5.74) is 3.39. The van der Waals surface area contributed by atoms with Crippen LogP contribution in [0, 0.1) is 0 Å². The number of rotatable bonds is 10. The van der Waals surface area contributed by atoms with Gasteiger partial charge in [-0.05, 0) is 83.9 Å². The third kappa shape index (κ3) is 7.12. The normalized spacial score (nSPS) is 10.7. The lowest BCUT2D eigenvalue weighted by molar-refractivity contribution is 0.102. The van der Waals surface area contributed by atoms with E-state index >= 15 is 0 Å². The molecule has 6 aromatic rings. The minimum Gasteiger partial charge on any atom is -0.495 e. The van der Waals surface area contributed by atoms with E-state index in [0.717, 1.165) is 30.7 Å². The van der Waals surface area contributed by atoms with E-state index in [-0.39, 0.29) is 11.8 Å². The summed E-state index contributed by atoms with van der Waals surface area (Å²) in [6.07, 6.45) is 0. The van der Waals surface area contributed by atoms with E-state index in [4.69, 9.17) is 9.47 Å². The first kappa shape index (κ1) is 30.2. The molecule has 0 saturated carbocycles. The molecular formula is C36H28N2O4S3. The van der Waals surface area contributed by atoms with Crippen molar-refractivity contribution in [1.29, 1.82) is 0 Å². The third-order valence-electron chi connectivity index (χ3n) is 6.88. The molecule has 2 N–H and O–H groups in total. The summed E-state index contributed by atoms with van der Waals surface area (Å²) in [4.78, 5) is 31.2. The summed E-state index contributed by atoms with van der Waals surface area (Å²) < 4.78 is 10.7. The highest BCUT2D eigenvalue weighted by atomic mass is 32.2. The smallest absolute Gasteiger partial charge is 0.265 e.